The Balaban J connectivity index is 2.82. The van der Waals surface area contributed by atoms with Crippen molar-refractivity contribution in [2.45, 2.75) is 12.8 Å². The van der Waals surface area contributed by atoms with E-state index < -0.39 is 6.43 Å². The zero-order valence-corrected chi connectivity index (χ0v) is 9.76. The van der Waals surface area contributed by atoms with Gasteiger partial charge in [-0.3, -0.25) is 0 Å². The minimum Gasteiger partial charge on any atom is -0.467 e. The van der Waals surface area contributed by atoms with Crippen LogP contribution in [0.4, 0.5) is 8.78 Å². The summed E-state index contributed by atoms with van der Waals surface area (Å²) >= 11 is 3.22. The van der Waals surface area contributed by atoms with Crippen molar-refractivity contribution in [3.63, 3.8) is 0 Å². The largest absolute Gasteiger partial charge is 0.467 e. The molecular formula is C10H11BrF2O2. The monoisotopic (exact) mass is 280 g/mol. The molecule has 0 bridgehead atoms. The molecule has 0 saturated carbocycles. The van der Waals surface area contributed by atoms with Crippen molar-refractivity contribution in [1.82, 2.24) is 0 Å². The first kappa shape index (κ1) is 12.4. The molecule has 15 heavy (non-hydrogen) atoms. The molecule has 0 atom stereocenters. The van der Waals surface area contributed by atoms with Crippen molar-refractivity contribution in [1.29, 1.82) is 0 Å². The lowest BCUT2D eigenvalue weighted by molar-refractivity contribution is 0.0495. The molecule has 0 aliphatic carbocycles. The van der Waals surface area contributed by atoms with Crippen molar-refractivity contribution in [3.8, 4) is 5.75 Å². The van der Waals surface area contributed by atoms with Crippen molar-refractivity contribution >= 4 is 15.9 Å². The maximum atomic E-state index is 12.3. The van der Waals surface area contributed by atoms with E-state index in [1.807, 2.05) is 0 Å². The second-order valence-corrected chi connectivity index (χ2v) is 3.81. The van der Waals surface area contributed by atoms with Gasteiger partial charge in [-0.15, -0.1) is 0 Å². The van der Waals surface area contributed by atoms with Crippen LogP contribution in [-0.4, -0.2) is 20.3 Å². The van der Waals surface area contributed by atoms with Crippen LogP contribution in [0, 0.1) is 0 Å². The number of alkyl halides is 2. The van der Waals surface area contributed by atoms with Gasteiger partial charge in [-0.2, -0.15) is 0 Å². The minimum absolute atomic E-state index is 0.0534. The van der Waals surface area contributed by atoms with Gasteiger partial charge in [0.1, 0.15) is 5.75 Å². The van der Waals surface area contributed by atoms with E-state index in [0.717, 1.165) is 4.47 Å². The Kier molecular flexibility index (Phi) is 4.98. The lowest BCUT2D eigenvalue weighted by Gasteiger charge is -2.10. The maximum Gasteiger partial charge on any atom is 0.242 e. The standard InChI is InChI=1S/C10H11BrF2O2/c1-14-6-15-9-3-2-8(11)4-7(9)5-10(12)13/h2-4,10H,5-6H2,1H3. The molecule has 5 heteroatoms. The first-order valence-corrected chi connectivity index (χ1v) is 5.11. The molecule has 0 saturated heterocycles. The summed E-state index contributed by atoms with van der Waals surface area (Å²) in [5, 5.41) is 0. The average molecular weight is 281 g/mol. The molecule has 0 radical (unpaired) electrons. The van der Waals surface area contributed by atoms with Gasteiger partial charge in [-0.05, 0) is 18.2 Å². The fourth-order valence-corrected chi connectivity index (χ4v) is 1.55. The highest BCUT2D eigenvalue weighted by atomic mass is 79.9. The van der Waals surface area contributed by atoms with E-state index in [0.29, 0.717) is 11.3 Å². The predicted molar refractivity (Wildman–Crippen MR) is 56.4 cm³/mol. The van der Waals surface area contributed by atoms with E-state index in [4.69, 9.17) is 9.47 Å². The zero-order valence-electron chi connectivity index (χ0n) is 8.17. The zero-order chi connectivity index (χ0) is 11.3. The molecule has 0 amide bonds. The van der Waals surface area contributed by atoms with E-state index in [2.05, 4.69) is 15.9 Å². The SMILES string of the molecule is COCOc1ccc(Br)cc1CC(F)F. The van der Waals surface area contributed by atoms with E-state index in [1.165, 1.54) is 7.11 Å². The third-order valence-electron chi connectivity index (χ3n) is 1.73. The van der Waals surface area contributed by atoms with E-state index in [-0.39, 0.29) is 13.2 Å². The van der Waals surface area contributed by atoms with Crippen LogP contribution in [-0.2, 0) is 11.2 Å². The van der Waals surface area contributed by atoms with Crippen molar-refractivity contribution in [3.05, 3.63) is 28.2 Å². The highest BCUT2D eigenvalue weighted by Crippen LogP contribution is 2.25. The molecule has 1 rings (SSSR count). The van der Waals surface area contributed by atoms with Gasteiger partial charge in [0.05, 0.1) is 0 Å². The van der Waals surface area contributed by atoms with Crippen LogP contribution in [0.3, 0.4) is 0 Å². The van der Waals surface area contributed by atoms with Crippen LogP contribution in [0.25, 0.3) is 0 Å². The number of rotatable bonds is 5. The quantitative estimate of drug-likeness (QED) is 0.771. The van der Waals surface area contributed by atoms with Crippen LogP contribution in [0.2, 0.25) is 0 Å². The summed E-state index contributed by atoms with van der Waals surface area (Å²) < 4.78 is 35.1. The predicted octanol–water partition coefficient (Wildman–Crippen LogP) is 3.24. The number of methoxy groups -OCH3 is 1. The van der Waals surface area contributed by atoms with Crippen LogP contribution in [0.1, 0.15) is 5.56 Å². The van der Waals surface area contributed by atoms with Gasteiger partial charge in [-0.1, -0.05) is 15.9 Å². The van der Waals surface area contributed by atoms with Crippen LogP contribution >= 0.6 is 15.9 Å². The summed E-state index contributed by atoms with van der Waals surface area (Å²) in [6.45, 7) is 0.0534. The highest BCUT2D eigenvalue weighted by molar-refractivity contribution is 9.10. The second kappa shape index (κ2) is 6.02. The first-order valence-electron chi connectivity index (χ1n) is 4.31. The molecule has 0 aromatic heterocycles. The van der Waals surface area contributed by atoms with Crippen LogP contribution < -0.4 is 4.74 Å². The van der Waals surface area contributed by atoms with Gasteiger partial charge in [0.25, 0.3) is 0 Å². The third-order valence-corrected chi connectivity index (χ3v) is 2.22. The number of hydrogen-bond donors (Lipinski definition) is 0. The van der Waals surface area contributed by atoms with E-state index in [1.54, 1.807) is 18.2 Å². The van der Waals surface area contributed by atoms with Gasteiger partial charge in [-0.25, -0.2) is 8.78 Å². The van der Waals surface area contributed by atoms with E-state index in [9.17, 15) is 8.78 Å². The topological polar surface area (TPSA) is 18.5 Å². The molecule has 2 nitrogen and oxygen atoms in total. The Morgan fingerprint density at radius 3 is 2.73 bits per heavy atom. The Morgan fingerprint density at radius 1 is 1.40 bits per heavy atom. The number of hydrogen-bond acceptors (Lipinski definition) is 2. The number of benzene rings is 1. The summed E-state index contributed by atoms with van der Waals surface area (Å²) in [7, 11) is 1.48. The highest BCUT2D eigenvalue weighted by Gasteiger charge is 2.10. The maximum absolute atomic E-state index is 12.3. The Morgan fingerprint density at radius 2 is 2.13 bits per heavy atom. The Hall–Kier alpha value is -0.680. The normalized spacial score (nSPS) is 10.7. The van der Waals surface area contributed by atoms with Gasteiger partial charge in [0.2, 0.25) is 6.43 Å². The molecule has 0 spiro atoms. The first-order chi connectivity index (χ1) is 7.13. The average Bonchev–Trinajstić information content (AvgIpc) is 2.16. The molecule has 0 aliphatic rings. The second-order valence-electron chi connectivity index (χ2n) is 2.90. The smallest absolute Gasteiger partial charge is 0.242 e. The molecular weight excluding hydrogens is 270 g/mol. The fraction of sp³-hybridized carbons (Fsp3) is 0.400. The molecule has 84 valence electrons. The molecule has 0 unspecified atom stereocenters. The fourth-order valence-electron chi connectivity index (χ4n) is 1.14. The van der Waals surface area contributed by atoms with Crippen LogP contribution in [0.5, 0.6) is 5.75 Å². The minimum atomic E-state index is -2.39. The van der Waals surface area contributed by atoms with E-state index >= 15 is 0 Å². The third kappa shape index (κ3) is 4.13. The summed E-state index contributed by atoms with van der Waals surface area (Å²) in [6.07, 6.45) is -2.71. The van der Waals surface area contributed by atoms with Crippen molar-refractivity contribution < 1.29 is 18.3 Å². The molecule has 0 N–H and O–H groups in total. The number of halogens is 3. The molecule has 0 aliphatic heterocycles. The van der Waals surface area contributed by atoms with Gasteiger partial charge in [0, 0.05) is 23.6 Å². The summed E-state index contributed by atoms with van der Waals surface area (Å²) in [6, 6.07) is 5.00. The molecule has 0 fully saturated rings. The van der Waals surface area contributed by atoms with Crippen molar-refractivity contribution in [2.75, 3.05) is 13.9 Å². The molecule has 1 aromatic carbocycles. The van der Waals surface area contributed by atoms with Gasteiger partial charge >= 0.3 is 0 Å². The molecule has 0 heterocycles. The molecule has 1 aromatic rings. The summed E-state index contributed by atoms with van der Waals surface area (Å²) in [5.41, 5.74) is 0.469. The Bertz CT molecular complexity index is 318. The van der Waals surface area contributed by atoms with Gasteiger partial charge < -0.3 is 9.47 Å². The summed E-state index contributed by atoms with van der Waals surface area (Å²) in [4.78, 5) is 0. The summed E-state index contributed by atoms with van der Waals surface area (Å²) in [5.74, 6) is 0.431. The van der Waals surface area contributed by atoms with Crippen molar-refractivity contribution in [2.24, 2.45) is 0 Å². The lowest BCUT2D eigenvalue weighted by atomic mass is 10.1. The number of ether oxygens (including phenoxy) is 2. The van der Waals surface area contributed by atoms with Gasteiger partial charge in [0.15, 0.2) is 6.79 Å². The lowest BCUT2D eigenvalue weighted by Crippen LogP contribution is -2.04. The van der Waals surface area contributed by atoms with Crippen LogP contribution in [0.15, 0.2) is 22.7 Å². The Labute approximate surface area is 95.3 Å².